The number of benzene rings is 1. The molecule has 0 spiro atoms. The number of nitrogens with one attached hydrogen (secondary N) is 1. The number of amides is 1. The molecule has 5 N–H and O–H groups in total. The number of unbranched alkanes of at least 4 members (excludes halogenated alkanes) is 1. The normalized spacial score (nSPS) is 12.5. The molecule has 1 fully saturated rings. The number of nitrogens with zero attached hydrogens (tertiary/aromatic N) is 2. The van der Waals surface area contributed by atoms with E-state index in [0.717, 1.165) is 35.6 Å². The number of aromatic nitrogens is 1. The standard InChI is InChI=1S/C13H15NOS.C12H20N2.C4H10.CH3NO.CH5N.CH2O/c1-9(2)10-5-6-11-12(8-10)16-13(14-11)4-3-7-15;1-10(9-13)8-12(14-2)11-6-4-3-5-7-11;1-3-4-2;2-1-3;2*1-2/h5-9H,3-4H2,1-2H3;11-12,14H,1,3-8H2,2H3;3-4H2,1-2H3;1H,(H2,2,3);2H2,1H3;1H2. The van der Waals surface area contributed by atoms with Gasteiger partial charge in [0.15, 0.2) is 0 Å². The minimum atomic E-state index is 0.250. The minimum Gasteiger partial charge on any atom is -0.372 e. The van der Waals surface area contributed by atoms with Gasteiger partial charge in [-0.15, -0.1) is 11.3 Å². The average Bonchev–Trinajstić information content (AvgIpc) is 3.44. The molecule has 232 valence electrons. The number of thiazole rings is 1. The van der Waals surface area contributed by atoms with Gasteiger partial charge >= 0.3 is 0 Å². The Kier molecular flexibility index (Phi) is 31.2. The number of carbonyl (C=O) groups excluding carboxylic acids is 3. The number of hydrogen-bond acceptors (Lipinski definition) is 8. The molecule has 0 aliphatic heterocycles. The van der Waals surface area contributed by atoms with E-state index >= 15 is 0 Å². The Hall–Kier alpha value is -2.93. The van der Waals surface area contributed by atoms with E-state index < -0.39 is 0 Å². The van der Waals surface area contributed by atoms with Crippen LogP contribution >= 0.6 is 11.3 Å². The van der Waals surface area contributed by atoms with Crippen molar-refractivity contribution in [2.75, 3.05) is 14.1 Å². The molecular formula is C32H55N5O3S. The summed E-state index contributed by atoms with van der Waals surface area (Å²) in [5, 5.41) is 13.1. The van der Waals surface area contributed by atoms with E-state index in [0.29, 0.717) is 24.0 Å². The second kappa shape index (κ2) is 30.0. The van der Waals surface area contributed by atoms with Crippen molar-refractivity contribution in [1.82, 2.24) is 10.3 Å². The number of primary amides is 1. The van der Waals surface area contributed by atoms with Crippen molar-refractivity contribution >= 4 is 41.0 Å². The Labute approximate surface area is 253 Å². The summed E-state index contributed by atoms with van der Waals surface area (Å²) >= 11 is 1.70. The Morgan fingerprint density at radius 2 is 1.73 bits per heavy atom. The van der Waals surface area contributed by atoms with Crippen LogP contribution in [-0.2, 0) is 20.8 Å². The van der Waals surface area contributed by atoms with Gasteiger partial charge in [-0.25, -0.2) is 4.98 Å². The summed E-state index contributed by atoms with van der Waals surface area (Å²) in [5.74, 6) is 1.30. The lowest BCUT2D eigenvalue weighted by molar-refractivity contribution is -0.108. The Morgan fingerprint density at radius 1 is 1.17 bits per heavy atom. The van der Waals surface area contributed by atoms with E-state index in [1.165, 1.54) is 62.3 Å². The summed E-state index contributed by atoms with van der Waals surface area (Å²) in [6, 6.07) is 9.02. The van der Waals surface area contributed by atoms with Crippen LogP contribution in [-0.4, -0.2) is 44.6 Å². The molecule has 3 rings (SSSR count). The highest BCUT2D eigenvalue weighted by Gasteiger charge is 2.22. The van der Waals surface area contributed by atoms with Crippen molar-refractivity contribution in [2.24, 2.45) is 17.4 Å². The second-order valence-electron chi connectivity index (χ2n) is 9.54. The molecule has 8 nitrogen and oxygen atoms in total. The van der Waals surface area contributed by atoms with Gasteiger partial charge < -0.3 is 26.4 Å². The van der Waals surface area contributed by atoms with Crippen molar-refractivity contribution in [3.05, 3.63) is 40.9 Å². The Morgan fingerprint density at radius 3 is 2.17 bits per heavy atom. The number of nitriles is 1. The van der Waals surface area contributed by atoms with Gasteiger partial charge in [-0.05, 0) is 62.9 Å². The molecule has 0 bridgehead atoms. The highest BCUT2D eigenvalue weighted by molar-refractivity contribution is 7.18. The molecule has 1 saturated carbocycles. The van der Waals surface area contributed by atoms with Crippen LogP contribution in [0.15, 0.2) is 30.4 Å². The molecule has 1 aliphatic rings. The molecule has 1 atom stereocenters. The van der Waals surface area contributed by atoms with E-state index in [9.17, 15) is 4.79 Å². The van der Waals surface area contributed by atoms with Crippen LogP contribution in [0.3, 0.4) is 0 Å². The van der Waals surface area contributed by atoms with Crippen molar-refractivity contribution < 1.29 is 14.4 Å². The zero-order valence-corrected chi connectivity index (χ0v) is 27.1. The number of aryl methyl sites for hydroxylation is 1. The summed E-state index contributed by atoms with van der Waals surface area (Å²) in [6.45, 7) is 14.5. The van der Waals surface area contributed by atoms with Crippen LogP contribution in [0.5, 0.6) is 0 Å². The summed E-state index contributed by atoms with van der Waals surface area (Å²) in [4.78, 5) is 31.4. The third-order valence-electron chi connectivity index (χ3n) is 6.31. The molecule has 1 heterocycles. The summed E-state index contributed by atoms with van der Waals surface area (Å²) in [5.41, 5.74) is 11.8. The smallest absolute Gasteiger partial charge is 0.204 e. The SMILES string of the molecule is C=C(C#N)CC(NC)C1CCCCC1.C=O.CC(C)c1ccc2nc(CCC=O)sc2c1.CCCC.CN.NC=O. The number of rotatable bonds is 9. The van der Waals surface area contributed by atoms with Gasteiger partial charge in [0.2, 0.25) is 6.41 Å². The van der Waals surface area contributed by atoms with Gasteiger partial charge in [0.1, 0.15) is 13.1 Å². The third kappa shape index (κ3) is 20.6. The highest BCUT2D eigenvalue weighted by atomic mass is 32.1. The zero-order chi connectivity index (χ0) is 32.1. The molecule has 1 amide bonds. The monoisotopic (exact) mass is 589 g/mol. The molecule has 41 heavy (non-hydrogen) atoms. The summed E-state index contributed by atoms with van der Waals surface area (Å²) in [7, 11) is 3.49. The fraction of sp³-hybridized carbons (Fsp3) is 0.594. The summed E-state index contributed by atoms with van der Waals surface area (Å²) in [6.07, 6.45) is 12.7. The predicted molar refractivity (Wildman–Crippen MR) is 175 cm³/mol. The van der Waals surface area contributed by atoms with Gasteiger partial charge in [-0.1, -0.05) is 72.4 Å². The van der Waals surface area contributed by atoms with Crippen molar-refractivity contribution in [3.8, 4) is 6.07 Å². The van der Waals surface area contributed by atoms with E-state index in [2.05, 4.69) is 80.3 Å². The molecule has 1 aliphatic carbocycles. The van der Waals surface area contributed by atoms with Gasteiger partial charge in [0, 0.05) is 24.5 Å². The lowest BCUT2D eigenvalue weighted by Crippen LogP contribution is -2.35. The molecule has 0 saturated heterocycles. The maximum Gasteiger partial charge on any atom is 0.204 e. The lowest BCUT2D eigenvalue weighted by Gasteiger charge is -2.29. The number of carbonyl (C=O) groups is 3. The van der Waals surface area contributed by atoms with Gasteiger partial charge in [-0.3, -0.25) is 4.79 Å². The van der Waals surface area contributed by atoms with Crippen LogP contribution in [0.1, 0.15) is 102 Å². The van der Waals surface area contributed by atoms with Gasteiger partial charge in [-0.2, -0.15) is 5.26 Å². The quantitative estimate of drug-likeness (QED) is 0.224. The van der Waals surface area contributed by atoms with Crippen LogP contribution in [0.2, 0.25) is 0 Å². The first-order chi connectivity index (χ1) is 19.8. The van der Waals surface area contributed by atoms with Crippen molar-refractivity contribution in [2.45, 2.75) is 104 Å². The van der Waals surface area contributed by atoms with Crippen LogP contribution in [0.4, 0.5) is 0 Å². The fourth-order valence-electron chi connectivity index (χ4n) is 3.99. The number of nitrogens with two attached hydrogens (primary N) is 2. The van der Waals surface area contributed by atoms with Crippen LogP contribution < -0.4 is 16.8 Å². The molecule has 2 aromatic rings. The maximum absolute atomic E-state index is 10.3. The Balaban J connectivity index is -0.000000526. The molecule has 1 aromatic carbocycles. The molecular weight excluding hydrogens is 534 g/mol. The number of aldehydes is 1. The minimum absolute atomic E-state index is 0.250. The van der Waals surface area contributed by atoms with Crippen LogP contribution in [0, 0.1) is 17.2 Å². The van der Waals surface area contributed by atoms with E-state index in [4.69, 9.17) is 14.9 Å². The molecule has 1 unspecified atom stereocenters. The highest BCUT2D eigenvalue weighted by Crippen LogP contribution is 2.29. The first-order valence-electron chi connectivity index (χ1n) is 14.4. The average molecular weight is 590 g/mol. The number of fused-ring (bicyclic) bond motifs is 1. The third-order valence-corrected chi connectivity index (χ3v) is 7.39. The van der Waals surface area contributed by atoms with Crippen molar-refractivity contribution in [3.63, 3.8) is 0 Å². The van der Waals surface area contributed by atoms with Gasteiger partial charge in [0.25, 0.3) is 0 Å². The predicted octanol–water partition coefficient (Wildman–Crippen LogP) is 6.47. The Bertz CT molecular complexity index is 964. The fourth-order valence-corrected chi connectivity index (χ4v) is 5.02. The number of hydrogen-bond donors (Lipinski definition) is 3. The summed E-state index contributed by atoms with van der Waals surface area (Å²) < 4.78 is 1.23. The first kappa shape index (κ1) is 42.5. The van der Waals surface area contributed by atoms with E-state index in [1.54, 1.807) is 11.3 Å². The van der Waals surface area contributed by atoms with Gasteiger partial charge in [0.05, 0.1) is 21.3 Å². The lowest BCUT2D eigenvalue weighted by atomic mass is 9.82. The largest absolute Gasteiger partial charge is 0.372 e. The topological polar surface area (TPSA) is 152 Å². The molecule has 0 radical (unpaired) electrons. The second-order valence-corrected chi connectivity index (χ2v) is 10.7. The van der Waals surface area contributed by atoms with Crippen LogP contribution in [0.25, 0.3) is 10.2 Å². The van der Waals surface area contributed by atoms with E-state index in [1.807, 2.05) is 13.8 Å². The first-order valence-corrected chi connectivity index (χ1v) is 15.2. The molecule has 1 aromatic heterocycles. The van der Waals surface area contributed by atoms with Crippen molar-refractivity contribution in [1.29, 1.82) is 5.26 Å². The molecule has 9 heteroatoms. The maximum atomic E-state index is 10.3. The van der Waals surface area contributed by atoms with E-state index in [-0.39, 0.29) is 6.41 Å². The zero-order valence-electron chi connectivity index (χ0n) is 26.3.